The standard InChI is InChI=1S/C17H21N3O2/c21-12-11-19-7-9-20(10-8-19)17-15-6-5-13-3-1-2-4-14(13)16(15)18-22-17/h1-4,21H,5-12H2. The van der Waals surface area contributed by atoms with Gasteiger partial charge < -0.3 is 14.5 Å². The molecule has 0 spiro atoms. The van der Waals surface area contributed by atoms with Crippen molar-refractivity contribution in [1.82, 2.24) is 10.1 Å². The highest BCUT2D eigenvalue weighted by atomic mass is 16.5. The lowest BCUT2D eigenvalue weighted by molar-refractivity contribution is 0.186. The molecule has 116 valence electrons. The molecule has 5 nitrogen and oxygen atoms in total. The highest BCUT2D eigenvalue weighted by Gasteiger charge is 2.28. The molecule has 1 N–H and O–H groups in total. The largest absolute Gasteiger partial charge is 0.395 e. The molecule has 0 atom stereocenters. The van der Waals surface area contributed by atoms with Crippen molar-refractivity contribution in [3.05, 3.63) is 35.4 Å². The fourth-order valence-electron chi connectivity index (χ4n) is 3.53. The first-order valence-corrected chi connectivity index (χ1v) is 8.02. The van der Waals surface area contributed by atoms with Crippen molar-refractivity contribution < 1.29 is 9.63 Å². The van der Waals surface area contributed by atoms with Gasteiger partial charge in [0, 0.05) is 43.9 Å². The number of piperazine rings is 1. The van der Waals surface area contributed by atoms with Gasteiger partial charge in [-0.3, -0.25) is 4.90 Å². The maximum Gasteiger partial charge on any atom is 0.231 e. The van der Waals surface area contributed by atoms with Gasteiger partial charge in [-0.2, -0.15) is 0 Å². The Hall–Kier alpha value is -1.85. The highest BCUT2D eigenvalue weighted by Crippen LogP contribution is 2.38. The second-order valence-electron chi connectivity index (χ2n) is 6.02. The summed E-state index contributed by atoms with van der Waals surface area (Å²) in [4.78, 5) is 4.59. The zero-order chi connectivity index (χ0) is 14.9. The Labute approximate surface area is 130 Å². The maximum atomic E-state index is 9.04. The normalized spacial score (nSPS) is 18.1. The van der Waals surface area contributed by atoms with E-state index in [0.29, 0.717) is 0 Å². The second-order valence-corrected chi connectivity index (χ2v) is 6.02. The number of aryl methyl sites for hydroxylation is 1. The molecule has 0 saturated carbocycles. The minimum absolute atomic E-state index is 0.231. The molecule has 1 saturated heterocycles. The van der Waals surface area contributed by atoms with Crippen molar-refractivity contribution in [2.45, 2.75) is 12.8 Å². The van der Waals surface area contributed by atoms with E-state index in [1.54, 1.807) is 0 Å². The lowest BCUT2D eigenvalue weighted by Crippen LogP contribution is -2.47. The van der Waals surface area contributed by atoms with Gasteiger partial charge in [-0.05, 0) is 18.4 Å². The first kappa shape index (κ1) is 13.8. The first-order chi connectivity index (χ1) is 10.9. The molecule has 4 rings (SSSR count). The number of anilines is 1. The minimum atomic E-state index is 0.231. The molecule has 1 aromatic heterocycles. The zero-order valence-electron chi connectivity index (χ0n) is 12.7. The van der Waals surface area contributed by atoms with Crippen LogP contribution in [0, 0.1) is 0 Å². The van der Waals surface area contributed by atoms with E-state index in [9.17, 15) is 0 Å². The van der Waals surface area contributed by atoms with Gasteiger partial charge in [0.25, 0.3) is 0 Å². The van der Waals surface area contributed by atoms with Gasteiger partial charge in [0.2, 0.25) is 5.88 Å². The summed E-state index contributed by atoms with van der Waals surface area (Å²) >= 11 is 0. The summed E-state index contributed by atoms with van der Waals surface area (Å²) in [5.41, 5.74) is 4.87. The SMILES string of the molecule is OCCN1CCN(c2onc3c2CCc2ccccc2-3)CC1. The summed E-state index contributed by atoms with van der Waals surface area (Å²) in [6.45, 7) is 4.79. The lowest BCUT2D eigenvalue weighted by Gasteiger charge is -2.34. The van der Waals surface area contributed by atoms with Crippen molar-refractivity contribution in [2.75, 3.05) is 44.2 Å². The van der Waals surface area contributed by atoms with E-state index in [0.717, 1.165) is 57.1 Å². The number of aliphatic hydroxyl groups excluding tert-OH is 1. The van der Waals surface area contributed by atoms with Crippen LogP contribution in [0.2, 0.25) is 0 Å². The molecule has 2 aliphatic rings. The topological polar surface area (TPSA) is 52.7 Å². The molecular formula is C17H21N3O2. The van der Waals surface area contributed by atoms with Crippen molar-refractivity contribution >= 4 is 5.88 Å². The van der Waals surface area contributed by atoms with Crippen LogP contribution in [0.4, 0.5) is 5.88 Å². The second kappa shape index (κ2) is 5.74. The van der Waals surface area contributed by atoms with Gasteiger partial charge in [0.1, 0.15) is 5.69 Å². The molecule has 22 heavy (non-hydrogen) atoms. The van der Waals surface area contributed by atoms with Crippen LogP contribution in [-0.2, 0) is 12.8 Å². The van der Waals surface area contributed by atoms with Gasteiger partial charge in [0.15, 0.2) is 0 Å². The molecule has 1 aliphatic carbocycles. The zero-order valence-corrected chi connectivity index (χ0v) is 12.7. The number of benzene rings is 1. The third-order valence-corrected chi connectivity index (χ3v) is 4.76. The van der Waals surface area contributed by atoms with E-state index < -0.39 is 0 Å². The molecule has 0 amide bonds. The highest BCUT2D eigenvalue weighted by molar-refractivity contribution is 5.73. The van der Waals surface area contributed by atoms with Gasteiger partial charge in [-0.25, -0.2) is 0 Å². The Balaban J connectivity index is 1.58. The van der Waals surface area contributed by atoms with E-state index in [1.807, 2.05) is 0 Å². The molecule has 1 fully saturated rings. The summed E-state index contributed by atoms with van der Waals surface area (Å²) in [5.74, 6) is 0.952. The fourth-order valence-corrected chi connectivity index (χ4v) is 3.53. The predicted octanol–water partition coefficient (Wildman–Crippen LogP) is 1.55. The van der Waals surface area contributed by atoms with Crippen LogP contribution in [0.5, 0.6) is 0 Å². The van der Waals surface area contributed by atoms with Gasteiger partial charge in [0.05, 0.1) is 6.61 Å². The Kier molecular flexibility index (Phi) is 3.60. The van der Waals surface area contributed by atoms with Crippen LogP contribution in [-0.4, -0.2) is 54.5 Å². The average Bonchev–Trinajstić information content (AvgIpc) is 3.00. The molecule has 2 aromatic rings. The number of nitrogens with zero attached hydrogens (tertiary/aromatic N) is 3. The molecule has 0 radical (unpaired) electrons. The molecule has 2 heterocycles. The average molecular weight is 299 g/mol. The smallest absolute Gasteiger partial charge is 0.231 e. The van der Waals surface area contributed by atoms with Crippen LogP contribution in [0.25, 0.3) is 11.3 Å². The van der Waals surface area contributed by atoms with Crippen LogP contribution in [0.15, 0.2) is 28.8 Å². The van der Waals surface area contributed by atoms with Crippen LogP contribution >= 0.6 is 0 Å². The molecule has 5 heteroatoms. The quantitative estimate of drug-likeness (QED) is 0.932. The Morgan fingerprint density at radius 2 is 1.91 bits per heavy atom. The van der Waals surface area contributed by atoms with E-state index in [2.05, 4.69) is 39.2 Å². The number of β-amino-alcohol motifs (C(OH)–C–C–N with tert-alkyl or cyclic N) is 1. The summed E-state index contributed by atoms with van der Waals surface area (Å²) in [7, 11) is 0. The first-order valence-electron chi connectivity index (χ1n) is 8.02. The number of aromatic nitrogens is 1. The molecule has 1 aliphatic heterocycles. The molecule has 0 bridgehead atoms. The summed E-state index contributed by atoms with van der Waals surface area (Å²) in [6, 6.07) is 8.47. The monoisotopic (exact) mass is 299 g/mol. The summed E-state index contributed by atoms with van der Waals surface area (Å²) in [6.07, 6.45) is 2.06. The molecular weight excluding hydrogens is 278 g/mol. The minimum Gasteiger partial charge on any atom is -0.395 e. The lowest BCUT2D eigenvalue weighted by atomic mass is 9.90. The Morgan fingerprint density at radius 1 is 1.09 bits per heavy atom. The molecule has 0 unspecified atom stereocenters. The molecule has 1 aromatic carbocycles. The number of rotatable bonds is 3. The van der Waals surface area contributed by atoms with Crippen molar-refractivity contribution in [3.8, 4) is 11.3 Å². The summed E-state index contributed by atoms with van der Waals surface area (Å²) in [5, 5.41) is 13.4. The van der Waals surface area contributed by atoms with Crippen LogP contribution in [0.1, 0.15) is 11.1 Å². The van der Waals surface area contributed by atoms with Gasteiger partial charge >= 0.3 is 0 Å². The third kappa shape index (κ3) is 2.30. The van der Waals surface area contributed by atoms with E-state index in [1.165, 1.54) is 16.7 Å². The summed E-state index contributed by atoms with van der Waals surface area (Å²) < 4.78 is 5.72. The van der Waals surface area contributed by atoms with Crippen molar-refractivity contribution in [3.63, 3.8) is 0 Å². The van der Waals surface area contributed by atoms with Gasteiger partial charge in [-0.1, -0.05) is 29.4 Å². The predicted molar refractivity (Wildman–Crippen MR) is 85.1 cm³/mol. The van der Waals surface area contributed by atoms with Gasteiger partial charge in [-0.15, -0.1) is 0 Å². The van der Waals surface area contributed by atoms with Crippen molar-refractivity contribution in [2.24, 2.45) is 0 Å². The van der Waals surface area contributed by atoms with Crippen LogP contribution in [0.3, 0.4) is 0 Å². The van der Waals surface area contributed by atoms with E-state index >= 15 is 0 Å². The van der Waals surface area contributed by atoms with Crippen molar-refractivity contribution in [1.29, 1.82) is 0 Å². The fraction of sp³-hybridized carbons (Fsp3) is 0.471. The number of hydrogen-bond donors (Lipinski definition) is 1. The van der Waals surface area contributed by atoms with E-state index in [4.69, 9.17) is 9.63 Å². The Bertz CT molecular complexity index is 660. The number of aliphatic hydroxyl groups is 1. The third-order valence-electron chi connectivity index (χ3n) is 4.76. The maximum absolute atomic E-state index is 9.04. The number of fused-ring (bicyclic) bond motifs is 3. The van der Waals surface area contributed by atoms with Crippen LogP contribution < -0.4 is 4.90 Å². The van der Waals surface area contributed by atoms with E-state index in [-0.39, 0.29) is 6.61 Å². The number of hydrogen-bond acceptors (Lipinski definition) is 5. The Morgan fingerprint density at radius 3 is 2.73 bits per heavy atom.